The molecular formula is C68H47N. The van der Waals surface area contributed by atoms with Gasteiger partial charge in [-0.3, -0.25) is 0 Å². The van der Waals surface area contributed by atoms with Crippen molar-refractivity contribution in [2.24, 2.45) is 0 Å². The maximum atomic E-state index is 2.52. The minimum absolute atomic E-state index is 0.540. The van der Waals surface area contributed by atoms with Crippen molar-refractivity contribution in [2.75, 3.05) is 4.90 Å². The van der Waals surface area contributed by atoms with E-state index in [2.05, 4.69) is 290 Å². The van der Waals surface area contributed by atoms with Gasteiger partial charge in [0.1, 0.15) is 0 Å². The van der Waals surface area contributed by atoms with Gasteiger partial charge in [-0.15, -0.1) is 0 Å². The van der Waals surface area contributed by atoms with Crippen LogP contribution in [-0.2, 0) is 10.8 Å². The van der Waals surface area contributed by atoms with Crippen LogP contribution in [-0.4, -0.2) is 0 Å². The Labute approximate surface area is 404 Å². The van der Waals surface area contributed by atoms with Crippen molar-refractivity contribution in [3.8, 4) is 44.5 Å². The predicted molar refractivity (Wildman–Crippen MR) is 287 cm³/mol. The Morgan fingerprint density at radius 3 is 1.12 bits per heavy atom. The first-order chi connectivity index (χ1) is 34.2. The van der Waals surface area contributed by atoms with Crippen LogP contribution in [0.4, 0.5) is 17.1 Å². The van der Waals surface area contributed by atoms with Crippen LogP contribution in [0.15, 0.2) is 285 Å². The fourth-order valence-corrected chi connectivity index (χ4v) is 11.9. The van der Waals surface area contributed by atoms with Crippen molar-refractivity contribution in [1.82, 2.24) is 0 Å². The molecule has 0 amide bonds. The van der Waals surface area contributed by atoms with Crippen LogP contribution in [0.25, 0.3) is 44.5 Å². The summed E-state index contributed by atoms with van der Waals surface area (Å²) in [6.45, 7) is 0. The van der Waals surface area contributed by atoms with Gasteiger partial charge in [0, 0.05) is 16.9 Å². The molecule has 0 saturated heterocycles. The normalized spacial score (nSPS) is 13.4. The van der Waals surface area contributed by atoms with E-state index in [-0.39, 0.29) is 0 Å². The lowest BCUT2D eigenvalue weighted by atomic mass is 9.67. The van der Waals surface area contributed by atoms with E-state index in [0.29, 0.717) is 0 Å². The number of fused-ring (bicyclic) bond motifs is 6. The molecule has 1 heteroatoms. The highest BCUT2D eigenvalue weighted by Crippen LogP contribution is 2.61. The van der Waals surface area contributed by atoms with Crippen LogP contribution in [0.1, 0.15) is 44.5 Å². The Bertz CT molecular complexity index is 3540. The summed E-state index contributed by atoms with van der Waals surface area (Å²) >= 11 is 0. The number of anilines is 3. The summed E-state index contributed by atoms with van der Waals surface area (Å²) in [7, 11) is 0. The standard InChI is InChI=1S/C68H47N/c1-6-21-48(22-7-1)49-37-39-50(40-38-49)51-41-43-56(44-42-51)69(57-45-46-59-58-31-16-18-33-61(58)68(64(59)47-57,54-27-12-4-13-28-54)55-29-14-5-15-30-55)65-36-20-35-63-66(65)60-32-17-19-34-62(60)67(63,52-23-8-2-9-24-52)53-25-10-3-11-26-53/h1-47H. The third kappa shape index (κ3) is 6.24. The predicted octanol–water partition coefficient (Wildman–Crippen LogP) is 17.2. The molecule has 0 aliphatic heterocycles. The van der Waals surface area contributed by atoms with Crippen molar-refractivity contribution >= 4 is 17.1 Å². The molecule has 0 saturated carbocycles. The monoisotopic (exact) mass is 877 g/mol. The smallest absolute Gasteiger partial charge is 0.0714 e. The zero-order chi connectivity index (χ0) is 45.8. The average Bonchev–Trinajstić information content (AvgIpc) is 3.91. The number of rotatable bonds is 9. The summed E-state index contributed by atoms with van der Waals surface area (Å²) in [5.74, 6) is 0. The maximum Gasteiger partial charge on any atom is 0.0714 e. The molecular weight excluding hydrogens is 831 g/mol. The van der Waals surface area contributed by atoms with Gasteiger partial charge in [-0.05, 0) is 114 Å². The van der Waals surface area contributed by atoms with Gasteiger partial charge < -0.3 is 4.90 Å². The third-order valence-corrected chi connectivity index (χ3v) is 14.9. The lowest BCUT2D eigenvalue weighted by Gasteiger charge is -2.35. The number of benzene rings is 11. The van der Waals surface area contributed by atoms with Gasteiger partial charge in [-0.25, -0.2) is 0 Å². The summed E-state index contributed by atoms with van der Waals surface area (Å²) in [6.07, 6.45) is 0. The first-order valence-corrected chi connectivity index (χ1v) is 24.0. The van der Waals surface area contributed by atoms with Gasteiger partial charge in [0.2, 0.25) is 0 Å². The van der Waals surface area contributed by atoms with E-state index in [4.69, 9.17) is 0 Å². The van der Waals surface area contributed by atoms with E-state index in [1.165, 1.54) is 89.0 Å². The van der Waals surface area contributed by atoms with Crippen LogP contribution < -0.4 is 4.90 Å². The zero-order valence-electron chi connectivity index (χ0n) is 38.1. The molecule has 2 aliphatic rings. The number of hydrogen-bond acceptors (Lipinski definition) is 1. The summed E-state index contributed by atoms with van der Waals surface area (Å²) < 4.78 is 0. The molecule has 11 aromatic rings. The lowest BCUT2D eigenvalue weighted by Crippen LogP contribution is -2.29. The van der Waals surface area contributed by atoms with Crippen molar-refractivity contribution in [3.63, 3.8) is 0 Å². The largest absolute Gasteiger partial charge is 0.310 e. The molecule has 324 valence electrons. The van der Waals surface area contributed by atoms with Crippen LogP contribution in [0, 0.1) is 0 Å². The summed E-state index contributed by atoms with van der Waals surface area (Å²) in [6, 6.07) is 105. The summed E-state index contributed by atoms with van der Waals surface area (Å²) in [5.41, 5.74) is 22.2. The van der Waals surface area contributed by atoms with E-state index in [1.807, 2.05) is 0 Å². The second-order valence-electron chi connectivity index (χ2n) is 18.3. The van der Waals surface area contributed by atoms with Crippen molar-refractivity contribution in [1.29, 1.82) is 0 Å². The summed E-state index contributed by atoms with van der Waals surface area (Å²) in [5, 5.41) is 0. The average molecular weight is 878 g/mol. The summed E-state index contributed by atoms with van der Waals surface area (Å²) in [4.78, 5) is 2.52. The molecule has 0 radical (unpaired) electrons. The van der Waals surface area contributed by atoms with E-state index >= 15 is 0 Å². The molecule has 2 aliphatic carbocycles. The molecule has 1 nitrogen and oxygen atoms in total. The molecule has 0 spiro atoms. The van der Waals surface area contributed by atoms with E-state index in [9.17, 15) is 0 Å². The molecule has 0 unspecified atom stereocenters. The van der Waals surface area contributed by atoms with Gasteiger partial charge in [-0.1, -0.05) is 255 Å². The van der Waals surface area contributed by atoms with E-state index < -0.39 is 10.8 Å². The fraction of sp³-hybridized carbons (Fsp3) is 0.0294. The minimum atomic E-state index is -0.549. The Balaban J connectivity index is 1.06. The first kappa shape index (κ1) is 40.5. The van der Waals surface area contributed by atoms with Crippen molar-refractivity contribution in [2.45, 2.75) is 10.8 Å². The molecule has 0 aromatic heterocycles. The molecule has 0 atom stereocenters. The second kappa shape index (κ2) is 16.5. The Morgan fingerprint density at radius 2 is 0.594 bits per heavy atom. The topological polar surface area (TPSA) is 3.24 Å². The molecule has 0 heterocycles. The zero-order valence-corrected chi connectivity index (χ0v) is 38.1. The molecule has 0 fully saturated rings. The first-order valence-electron chi connectivity index (χ1n) is 24.0. The highest BCUT2D eigenvalue weighted by Gasteiger charge is 2.49. The Morgan fingerprint density at radius 1 is 0.232 bits per heavy atom. The van der Waals surface area contributed by atoms with Crippen molar-refractivity contribution < 1.29 is 0 Å². The van der Waals surface area contributed by atoms with E-state index in [1.54, 1.807) is 0 Å². The van der Waals surface area contributed by atoms with Gasteiger partial charge in [-0.2, -0.15) is 0 Å². The third-order valence-electron chi connectivity index (χ3n) is 14.9. The fourth-order valence-electron chi connectivity index (χ4n) is 11.9. The molecule has 0 bridgehead atoms. The van der Waals surface area contributed by atoms with E-state index in [0.717, 1.165) is 17.1 Å². The number of hydrogen-bond donors (Lipinski definition) is 0. The Kier molecular flexibility index (Phi) is 9.70. The van der Waals surface area contributed by atoms with Crippen LogP contribution in [0.5, 0.6) is 0 Å². The molecule has 11 aromatic carbocycles. The van der Waals surface area contributed by atoms with Crippen molar-refractivity contribution in [3.05, 3.63) is 330 Å². The van der Waals surface area contributed by atoms with Gasteiger partial charge >= 0.3 is 0 Å². The number of nitrogens with zero attached hydrogens (tertiary/aromatic N) is 1. The molecule has 13 rings (SSSR count). The lowest BCUT2D eigenvalue weighted by molar-refractivity contribution is 0.768. The maximum absolute atomic E-state index is 2.52. The molecule has 69 heavy (non-hydrogen) atoms. The Hall–Kier alpha value is -8.78. The van der Waals surface area contributed by atoms with Gasteiger partial charge in [0.15, 0.2) is 0 Å². The van der Waals surface area contributed by atoms with Crippen LogP contribution >= 0.6 is 0 Å². The van der Waals surface area contributed by atoms with Gasteiger partial charge in [0.25, 0.3) is 0 Å². The van der Waals surface area contributed by atoms with Crippen LogP contribution in [0.2, 0.25) is 0 Å². The highest BCUT2D eigenvalue weighted by molar-refractivity contribution is 5.98. The minimum Gasteiger partial charge on any atom is -0.310 e. The van der Waals surface area contributed by atoms with Crippen LogP contribution in [0.3, 0.4) is 0 Å². The second-order valence-corrected chi connectivity index (χ2v) is 18.3. The quantitative estimate of drug-likeness (QED) is 0.140. The highest BCUT2D eigenvalue weighted by atomic mass is 15.1. The SMILES string of the molecule is c1ccc(-c2ccc(-c3ccc(N(c4ccc5c(c4)C(c4ccccc4)(c4ccccc4)c4ccccc4-5)c4cccc5c4-c4ccccc4C5(c4ccccc4)c4ccccc4)cc3)cc2)cc1. The van der Waals surface area contributed by atoms with Gasteiger partial charge in [0.05, 0.1) is 16.5 Å². The molecule has 0 N–H and O–H groups in total.